The van der Waals surface area contributed by atoms with Gasteiger partial charge in [-0.1, -0.05) is 22.0 Å². The van der Waals surface area contributed by atoms with Crippen LogP contribution in [0.4, 0.5) is 0 Å². The van der Waals surface area contributed by atoms with Crippen molar-refractivity contribution in [1.29, 1.82) is 0 Å². The minimum Gasteiger partial charge on any atom is -0.469 e. The second-order valence-electron chi connectivity index (χ2n) is 4.68. The number of sulfonamides is 1. The van der Waals surface area contributed by atoms with Crippen LogP contribution in [0.2, 0.25) is 0 Å². The summed E-state index contributed by atoms with van der Waals surface area (Å²) in [5.41, 5.74) is 0. The minimum absolute atomic E-state index is 0.182. The zero-order valence-electron chi connectivity index (χ0n) is 11.1. The molecule has 1 atom stereocenters. The maximum Gasteiger partial charge on any atom is 0.309 e. The smallest absolute Gasteiger partial charge is 0.309 e. The van der Waals surface area contributed by atoms with Crippen molar-refractivity contribution in [2.45, 2.75) is 17.7 Å². The fourth-order valence-corrected chi connectivity index (χ4v) is 4.42. The van der Waals surface area contributed by atoms with Gasteiger partial charge in [-0.3, -0.25) is 4.79 Å². The van der Waals surface area contributed by atoms with Gasteiger partial charge in [0.2, 0.25) is 10.0 Å². The Kier molecular flexibility index (Phi) is 4.82. The van der Waals surface area contributed by atoms with E-state index >= 15 is 0 Å². The van der Waals surface area contributed by atoms with Crippen molar-refractivity contribution < 1.29 is 17.9 Å². The first-order valence-corrected chi connectivity index (χ1v) is 8.52. The third-order valence-corrected chi connectivity index (χ3v) is 5.71. The molecule has 0 saturated carbocycles. The Morgan fingerprint density at radius 1 is 1.45 bits per heavy atom. The molecule has 0 spiro atoms. The topological polar surface area (TPSA) is 63.7 Å². The van der Waals surface area contributed by atoms with E-state index in [1.165, 1.54) is 11.4 Å². The highest BCUT2D eigenvalue weighted by atomic mass is 79.9. The highest BCUT2D eigenvalue weighted by Gasteiger charge is 2.33. The standard InChI is InChI=1S/C13H16BrNO4S/c1-19-13(16)10-4-3-7-15(9-10)20(17,18)12-6-2-5-11(14)8-12/h2,5-6,8,10H,3-4,7,9H2,1H3. The Balaban J connectivity index is 2.23. The molecule has 0 radical (unpaired) electrons. The lowest BCUT2D eigenvalue weighted by Gasteiger charge is -2.30. The predicted molar refractivity (Wildman–Crippen MR) is 77.6 cm³/mol. The summed E-state index contributed by atoms with van der Waals surface area (Å²) < 4.78 is 31.9. The second kappa shape index (κ2) is 6.24. The molecule has 0 N–H and O–H groups in total. The number of esters is 1. The molecular weight excluding hydrogens is 346 g/mol. The Labute approximate surface area is 127 Å². The lowest BCUT2D eigenvalue weighted by Crippen LogP contribution is -2.42. The van der Waals surface area contributed by atoms with Crippen LogP contribution in [0.3, 0.4) is 0 Å². The number of hydrogen-bond acceptors (Lipinski definition) is 4. The zero-order chi connectivity index (χ0) is 14.8. The Hall–Kier alpha value is -0.920. The molecule has 110 valence electrons. The average Bonchev–Trinajstić information content (AvgIpc) is 2.46. The minimum atomic E-state index is -3.56. The molecule has 0 amide bonds. The lowest BCUT2D eigenvalue weighted by atomic mass is 10.0. The molecule has 0 aliphatic carbocycles. The van der Waals surface area contributed by atoms with Crippen LogP contribution in [0.15, 0.2) is 33.6 Å². The number of halogens is 1. The third kappa shape index (κ3) is 3.21. The zero-order valence-corrected chi connectivity index (χ0v) is 13.5. The van der Waals surface area contributed by atoms with Crippen molar-refractivity contribution in [2.75, 3.05) is 20.2 Å². The van der Waals surface area contributed by atoms with Gasteiger partial charge >= 0.3 is 5.97 Å². The Morgan fingerprint density at radius 3 is 2.85 bits per heavy atom. The molecule has 1 fully saturated rings. The maximum absolute atomic E-state index is 12.5. The molecule has 0 aromatic heterocycles. The van der Waals surface area contributed by atoms with Crippen molar-refractivity contribution in [3.8, 4) is 0 Å². The van der Waals surface area contributed by atoms with Gasteiger partial charge in [0.1, 0.15) is 0 Å². The van der Waals surface area contributed by atoms with E-state index in [0.717, 1.165) is 0 Å². The number of rotatable bonds is 3. The largest absolute Gasteiger partial charge is 0.469 e. The van der Waals surface area contributed by atoms with E-state index in [0.29, 0.717) is 23.9 Å². The molecule has 1 unspecified atom stereocenters. The van der Waals surface area contributed by atoms with Gasteiger partial charge in [0, 0.05) is 17.6 Å². The van der Waals surface area contributed by atoms with Crippen LogP contribution in [0.1, 0.15) is 12.8 Å². The van der Waals surface area contributed by atoms with Gasteiger partial charge in [-0.25, -0.2) is 8.42 Å². The van der Waals surface area contributed by atoms with Crippen molar-refractivity contribution in [2.24, 2.45) is 5.92 Å². The van der Waals surface area contributed by atoms with E-state index in [4.69, 9.17) is 4.74 Å². The van der Waals surface area contributed by atoms with Gasteiger partial charge in [0.05, 0.1) is 17.9 Å². The molecule has 2 rings (SSSR count). The summed E-state index contributed by atoms with van der Waals surface area (Å²) in [4.78, 5) is 11.8. The molecule has 1 heterocycles. The van der Waals surface area contributed by atoms with Crippen molar-refractivity contribution >= 4 is 31.9 Å². The summed E-state index contributed by atoms with van der Waals surface area (Å²) >= 11 is 3.27. The lowest BCUT2D eigenvalue weighted by molar-refractivity contribution is -0.146. The van der Waals surface area contributed by atoms with E-state index in [-0.39, 0.29) is 23.3 Å². The first-order chi connectivity index (χ1) is 9.45. The van der Waals surface area contributed by atoms with E-state index in [2.05, 4.69) is 15.9 Å². The number of nitrogens with zero attached hydrogens (tertiary/aromatic N) is 1. The Morgan fingerprint density at radius 2 is 2.20 bits per heavy atom. The molecule has 20 heavy (non-hydrogen) atoms. The summed E-state index contributed by atoms with van der Waals surface area (Å²) in [6.45, 7) is 0.615. The van der Waals surface area contributed by atoms with E-state index in [1.54, 1.807) is 24.3 Å². The molecule has 7 heteroatoms. The molecule has 1 aliphatic rings. The molecule has 1 saturated heterocycles. The molecule has 0 bridgehead atoms. The molecule has 1 aliphatic heterocycles. The number of carbonyl (C=O) groups excluding carboxylic acids is 1. The van der Waals surface area contributed by atoms with Gasteiger partial charge in [0.15, 0.2) is 0 Å². The number of ether oxygens (including phenoxy) is 1. The van der Waals surface area contributed by atoms with Gasteiger partial charge in [-0.15, -0.1) is 0 Å². The number of methoxy groups -OCH3 is 1. The fourth-order valence-electron chi connectivity index (χ4n) is 2.30. The monoisotopic (exact) mass is 361 g/mol. The van der Waals surface area contributed by atoms with Crippen molar-refractivity contribution in [3.05, 3.63) is 28.7 Å². The molecule has 1 aromatic rings. The van der Waals surface area contributed by atoms with Crippen LogP contribution in [-0.4, -0.2) is 38.9 Å². The summed E-state index contributed by atoms with van der Waals surface area (Å²) in [7, 11) is -2.24. The second-order valence-corrected chi connectivity index (χ2v) is 7.54. The molecule has 5 nitrogen and oxygen atoms in total. The van der Waals surface area contributed by atoms with Crippen LogP contribution in [0, 0.1) is 5.92 Å². The Bertz CT molecular complexity index is 602. The van der Waals surface area contributed by atoms with E-state index in [9.17, 15) is 13.2 Å². The van der Waals surface area contributed by atoms with E-state index in [1.807, 2.05) is 0 Å². The predicted octanol–water partition coefficient (Wildman–Crippen LogP) is 2.02. The highest BCUT2D eigenvalue weighted by Crippen LogP contribution is 2.25. The summed E-state index contributed by atoms with van der Waals surface area (Å²) in [5, 5.41) is 0. The highest BCUT2D eigenvalue weighted by molar-refractivity contribution is 9.10. The number of benzene rings is 1. The van der Waals surface area contributed by atoms with Gasteiger partial charge in [-0.2, -0.15) is 4.31 Å². The number of hydrogen-bond donors (Lipinski definition) is 0. The van der Waals surface area contributed by atoms with Gasteiger partial charge < -0.3 is 4.74 Å². The maximum atomic E-state index is 12.5. The molecular formula is C13H16BrNO4S. The average molecular weight is 362 g/mol. The van der Waals surface area contributed by atoms with Gasteiger partial charge in [-0.05, 0) is 31.0 Å². The van der Waals surface area contributed by atoms with Crippen LogP contribution < -0.4 is 0 Å². The van der Waals surface area contributed by atoms with Gasteiger partial charge in [0.25, 0.3) is 0 Å². The van der Waals surface area contributed by atoms with E-state index < -0.39 is 10.0 Å². The van der Waals surface area contributed by atoms with Crippen LogP contribution in [-0.2, 0) is 19.6 Å². The quantitative estimate of drug-likeness (QED) is 0.772. The van der Waals surface area contributed by atoms with Crippen molar-refractivity contribution in [3.63, 3.8) is 0 Å². The first kappa shape index (κ1) is 15.5. The van der Waals surface area contributed by atoms with Crippen LogP contribution in [0.5, 0.6) is 0 Å². The summed E-state index contributed by atoms with van der Waals surface area (Å²) in [6.07, 6.45) is 1.32. The van der Waals surface area contributed by atoms with Crippen LogP contribution >= 0.6 is 15.9 Å². The number of piperidine rings is 1. The number of carbonyl (C=O) groups is 1. The third-order valence-electron chi connectivity index (χ3n) is 3.35. The molecule has 1 aromatic carbocycles. The summed E-state index contributed by atoms with van der Waals surface area (Å²) in [6, 6.07) is 6.57. The SMILES string of the molecule is COC(=O)C1CCCN(S(=O)(=O)c2cccc(Br)c2)C1. The fraction of sp³-hybridized carbons (Fsp3) is 0.462. The first-order valence-electron chi connectivity index (χ1n) is 6.28. The normalized spacial score (nSPS) is 20.6. The summed E-state index contributed by atoms with van der Waals surface area (Å²) in [5.74, 6) is -0.727. The van der Waals surface area contributed by atoms with Crippen molar-refractivity contribution in [1.82, 2.24) is 4.31 Å². The van der Waals surface area contributed by atoms with Crippen LogP contribution in [0.25, 0.3) is 0 Å².